The topological polar surface area (TPSA) is 87.7 Å². The van der Waals surface area contributed by atoms with Crippen LogP contribution in [0.2, 0.25) is 0 Å². The summed E-state index contributed by atoms with van der Waals surface area (Å²) in [6, 6.07) is 6.21. The molecule has 1 rings (SSSR count). The third-order valence-corrected chi connectivity index (χ3v) is 7.54. The van der Waals surface area contributed by atoms with Crippen LogP contribution in [-0.2, 0) is 21.1 Å². The molecule has 0 saturated carbocycles. The molecule has 0 aromatic heterocycles. The van der Waals surface area contributed by atoms with Crippen LogP contribution in [0.15, 0.2) is 24.3 Å². The molecule has 0 heterocycles. The van der Waals surface area contributed by atoms with Crippen LogP contribution in [0.5, 0.6) is 0 Å². The quantitative estimate of drug-likeness (QED) is 0.474. The van der Waals surface area contributed by atoms with Crippen LogP contribution in [0.4, 0.5) is 4.79 Å². The molecule has 1 unspecified atom stereocenters. The summed E-state index contributed by atoms with van der Waals surface area (Å²) in [5.41, 5.74) is 1.14. The van der Waals surface area contributed by atoms with Crippen molar-refractivity contribution in [3.63, 3.8) is 0 Å². The van der Waals surface area contributed by atoms with E-state index in [4.69, 9.17) is 16.3 Å². The molecular formula is C18H28N3O4PS. The van der Waals surface area contributed by atoms with Crippen molar-refractivity contribution in [2.24, 2.45) is 0 Å². The molecule has 1 atom stereocenters. The smallest absolute Gasteiger partial charge is 0.331 e. The predicted molar refractivity (Wildman–Crippen MR) is 110 cm³/mol. The minimum absolute atomic E-state index is 0.248. The molecule has 2 N–H and O–H groups in total. The Morgan fingerprint density at radius 2 is 1.85 bits per heavy atom. The number of unbranched alkanes of at least 4 members (excludes halogenated alkanes) is 3. The lowest BCUT2D eigenvalue weighted by Gasteiger charge is -2.30. The van der Waals surface area contributed by atoms with Crippen molar-refractivity contribution >= 4 is 36.3 Å². The van der Waals surface area contributed by atoms with Gasteiger partial charge < -0.3 is 4.52 Å². The highest BCUT2D eigenvalue weighted by atomic mass is 32.5. The van der Waals surface area contributed by atoms with Crippen LogP contribution in [0.3, 0.4) is 0 Å². The number of aryl methyl sites for hydroxylation is 1. The van der Waals surface area contributed by atoms with Crippen molar-refractivity contribution < 1.29 is 18.9 Å². The molecule has 1 aromatic carbocycles. The summed E-state index contributed by atoms with van der Waals surface area (Å²) in [6.45, 7) is 0.751. The van der Waals surface area contributed by atoms with E-state index in [0.717, 1.165) is 29.5 Å². The van der Waals surface area contributed by atoms with Crippen molar-refractivity contribution in [3.05, 3.63) is 35.4 Å². The molecule has 0 bridgehead atoms. The third kappa shape index (κ3) is 7.05. The fourth-order valence-electron chi connectivity index (χ4n) is 2.33. The molecule has 150 valence electrons. The molecule has 0 spiro atoms. The van der Waals surface area contributed by atoms with Gasteiger partial charge in [0.1, 0.15) is 0 Å². The number of hydrogen-bond donors (Lipinski definition) is 2. The van der Waals surface area contributed by atoms with Gasteiger partial charge in [0.25, 0.3) is 12.5 Å². The zero-order valence-corrected chi connectivity index (χ0v) is 18.0. The summed E-state index contributed by atoms with van der Waals surface area (Å²) in [5, 5.41) is 5.04. The maximum atomic E-state index is 12.4. The molecule has 3 amide bonds. The molecule has 7 nitrogen and oxygen atoms in total. The summed E-state index contributed by atoms with van der Waals surface area (Å²) in [4.78, 5) is 36.8. The molecule has 0 fully saturated rings. The number of hydrogen-bond acceptors (Lipinski definition) is 5. The Hall–Kier alpha value is -1.76. The van der Waals surface area contributed by atoms with Crippen molar-refractivity contribution in [1.29, 1.82) is 0 Å². The molecule has 27 heavy (non-hydrogen) atoms. The van der Waals surface area contributed by atoms with Gasteiger partial charge >= 0.3 is 12.0 Å². The van der Waals surface area contributed by atoms with Gasteiger partial charge in [0.15, 0.2) is 0 Å². The second kappa shape index (κ2) is 11.2. The van der Waals surface area contributed by atoms with E-state index in [1.54, 1.807) is 31.2 Å². The summed E-state index contributed by atoms with van der Waals surface area (Å²) < 4.78 is 6.48. The maximum absolute atomic E-state index is 12.4. The number of carbonyl (C=O) groups is 3. The predicted octanol–water partition coefficient (Wildman–Crippen LogP) is 3.73. The Bertz CT molecular complexity index is 726. The molecule has 1 aromatic rings. The lowest BCUT2D eigenvalue weighted by Crippen LogP contribution is -2.41. The lowest BCUT2D eigenvalue weighted by atomic mass is 10.1. The highest BCUT2D eigenvalue weighted by molar-refractivity contribution is 8.10. The largest absolute Gasteiger partial charge is 0.405 e. The van der Waals surface area contributed by atoms with Gasteiger partial charge in [0.2, 0.25) is 0 Å². The van der Waals surface area contributed by atoms with E-state index in [2.05, 4.69) is 17.3 Å². The maximum Gasteiger partial charge on any atom is 0.331 e. The Morgan fingerprint density at radius 1 is 1.19 bits per heavy atom. The summed E-state index contributed by atoms with van der Waals surface area (Å²) in [5.74, 6) is -0.984. The average Bonchev–Trinajstić information content (AvgIpc) is 2.64. The first-order valence-corrected chi connectivity index (χ1v) is 11.6. The van der Waals surface area contributed by atoms with Crippen molar-refractivity contribution in [2.75, 3.05) is 14.1 Å². The molecule has 0 aliphatic heterocycles. The first-order chi connectivity index (χ1) is 12.7. The minimum atomic E-state index is -3.12. The first kappa shape index (κ1) is 23.3. The summed E-state index contributed by atoms with van der Waals surface area (Å²) in [7, 11) is 2.93. The van der Waals surface area contributed by atoms with Gasteiger partial charge in [-0.3, -0.25) is 19.6 Å². The number of urea groups is 1. The monoisotopic (exact) mass is 413 g/mol. The molecular weight excluding hydrogens is 385 g/mol. The number of carbonyl (C=O) groups excluding carboxylic acids is 3. The number of benzene rings is 1. The van der Waals surface area contributed by atoms with E-state index in [0.29, 0.717) is 12.0 Å². The number of rotatable bonds is 9. The zero-order chi connectivity index (χ0) is 20.4. The van der Waals surface area contributed by atoms with E-state index < -0.39 is 24.5 Å². The van der Waals surface area contributed by atoms with Crippen molar-refractivity contribution in [3.8, 4) is 0 Å². The van der Waals surface area contributed by atoms with E-state index in [1.165, 1.54) is 14.1 Å². The zero-order valence-electron chi connectivity index (χ0n) is 16.3. The highest BCUT2D eigenvalue weighted by Crippen LogP contribution is 2.45. The minimum Gasteiger partial charge on any atom is -0.405 e. The third-order valence-electron chi connectivity index (χ3n) is 4.04. The fourth-order valence-corrected chi connectivity index (χ4v) is 3.97. The first-order valence-electron chi connectivity index (χ1n) is 8.91. The molecule has 0 radical (unpaired) electrons. The summed E-state index contributed by atoms with van der Waals surface area (Å²) in [6.07, 6.45) is 4.03. The lowest BCUT2D eigenvalue weighted by molar-refractivity contribution is -0.134. The van der Waals surface area contributed by atoms with Crippen LogP contribution >= 0.6 is 6.57 Å². The highest BCUT2D eigenvalue weighted by Gasteiger charge is 2.31. The number of imide groups is 1. The number of nitrogens with one attached hydrogen (secondary N) is 2. The van der Waals surface area contributed by atoms with Gasteiger partial charge in [-0.15, -0.1) is 0 Å². The molecule has 9 heteroatoms. The van der Waals surface area contributed by atoms with E-state index in [-0.39, 0.29) is 6.42 Å². The Balaban J connectivity index is 2.72. The van der Waals surface area contributed by atoms with Crippen LogP contribution in [0.1, 0.15) is 54.9 Å². The Morgan fingerprint density at radius 3 is 2.44 bits per heavy atom. The van der Waals surface area contributed by atoms with Gasteiger partial charge in [0.05, 0.1) is 0 Å². The fraction of sp³-hybridized carbons (Fsp3) is 0.500. The SMILES string of the molecule is CCCCCCC(=O)OP(=S)(NC)N(C)C(=O)NC(=O)c1ccccc1C. The molecule has 0 saturated heterocycles. The van der Waals surface area contributed by atoms with E-state index >= 15 is 0 Å². The van der Waals surface area contributed by atoms with Crippen LogP contribution < -0.4 is 10.4 Å². The van der Waals surface area contributed by atoms with Gasteiger partial charge in [-0.25, -0.2) is 9.88 Å². The standard InChI is InChI=1S/C18H28N3O4PS/c1-5-6-7-8-13-16(22)25-26(27,19-3)21(4)18(24)20-17(23)15-12-10-9-11-14(15)2/h9-12H,5-8,13H2,1-4H3,(H,19,27)(H,20,23,24). The van der Waals surface area contributed by atoms with Gasteiger partial charge in [-0.2, -0.15) is 0 Å². The second-order valence-electron chi connectivity index (χ2n) is 6.12. The number of amides is 3. The average molecular weight is 413 g/mol. The van der Waals surface area contributed by atoms with Crippen molar-refractivity contribution in [1.82, 2.24) is 15.1 Å². The van der Waals surface area contributed by atoms with Gasteiger partial charge in [-0.05, 0) is 43.8 Å². The Kier molecular flexibility index (Phi) is 9.63. The van der Waals surface area contributed by atoms with Gasteiger partial charge in [0, 0.05) is 19.0 Å². The second-order valence-corrected chi connectivity index (χ2v) is 9.87. The molecule has 0 aliphatic rings. The van der Waals surface area contributed by atoms with Crippen molar-refractivity contribution in [2.45, 2.75) is 46.0 Å². The Labute approximate surface area is 166 Å². The summed E-state index contributed by atoms with van der Waals surface area (Å²) >= 11 is 5.39. The van der Waals surface area contributed by atoms with Crippen LogP contribution in [0, 0.1) is 6.92 Å². The van der Waals surface area contributed by atoms with Gasteiger partial charge in [-0.1, -0.05) is 44.4 Å². The van der Waals surface area contributed by atoms with E-state index in [1.807, 2.05) is 0 Å². The van der Waals surface area contributed by atoms with Crippen LogP contribution in [0.25, 0.3) is 0 Å². The normalized spacial score (nSPS) is 12.7. The van der Waals surface area contributed by atoms with E-state index in [9.17, 15) is 14.4 Å². The molecule has 0 aliphatic carbocycles. The number of nitrogens with zero attached hydrogens (tertiary/aromatic N) is 1. The van der Waals surface area contributed by atoms with Crippen LogP contribution in [-0.4, -0.2) is 36.7 Å².